The van der Waals surface area contributed by atoms with Gasteiger partial charge in [-0.3, -0.25) is 4.79 Å². The van der Waals surface area contributed by atoms with Crippen LogP contribution in [0.4, 0.5) is 0 Å². The third-order valence-electron chi connectivity index (χ3n) is 4.10. The number of carbonyl (C=O) groups excluding carboxylic acids is 1. The van der Waals surface area contributed by atoms with Crippen LogP contribution < -0.4 is 0 Å². The van der Waals surface area contributed by atoms with Crippen molar-refractivity contribution in [2.75, 3.05) is 10.7 Å². The molecule has 0 heterocycles. The van der Waals surface area contributed by atoms with E-state index < -0.39 is 0 Å². The minimum Gasteiger partial charge on any atom is -0.298 e. The fourth-order valence-electron chi connectivity index (χ4n) is 2.61. The van der Waals surface area contributed by atoms with E-state index in [-0.39, 0.29) is 10.8 Å². The number of alkyl halides is 2. The van der Waals surface area contributed by atoms with Crippen LogP contribution in [0.15, 0.2) is 0 Å². The van der Waals surface area contributed by atoms with Crippen molar-refractivity contribution >= 4 is 37.6 Å². The number of Topliss-reactive ketones (excluding diaryl/α,β-unsaturated/α-hetero) is 1. The van der Waals surface area contributed by atoms with Crippen LogP contribution in [0.3, 0.4) is 0 Å². The van der Waals surface area contributed by atoms with Gasteiger partial charge in [-0.05, 0) is 25.7 Å². The van der Waals surface area contributed by atoms with E-state index in [0.29, 0.717) is 5.78 Å². The SMILES string of the molecule is O=C(C1(CBr)CCC1)C1(CBr)CCC1. The minimum absolute atomic E-state index is 0.00812. The van der Waals surface area contributed by atoms with Crippen LogP contribution in [-0.2, 0) is 4.79 Å². The lowest BCUT2D eigenvalue weighted by molar-refractivity contribution is -0.145. The third kappa shape index (κ3) is 1.42. The molecule has 0 amide bonds. The highest BCUT2D eigenvalue weighted by Gasteiger charge is 2.54. The van der Waals surface area contributed by atoms with Crippen molar-refractivity contribution in [1.29, 1.82) is 0 Å². The van der Waals surface area contributed by atoms with Gasteiger partial charge in [0.2, 0.25) is 0 Å². The summed E-state index contributed by atoms with van der Waals surface area (Å²) in [5.74, 6) is 0.538. The maximum absolute atomic E-state index is 12.5. The highest BCUT2D eigenvalue weighted by Crippen LogP contribution is 2.54. The van der Waals surface area contributed by atoms with Crippen LogP contribution in [0.1, 0.15) is 38.5 Å². The summed E-state index contributed by atoms with van der Waals surface area (Å²) in [6.45, 7) is 0. The number of ketones is 1. The molecule has 0 unspecified atom stereocenters. The van der Waals surface area contributed by atoms with Gasteiger partial charge in [0.15, 0.2) is 0 Å². The van der Waals surface area contributed by atoms with E-state index >= 15 is 0 Å². The average Bonchev–Trinajstić information content (AvgIpc) is 2.02. The molecular weight excluding hydrogens is 308 g/mol. The zero-order valence-corrected chi connectivity index (χ0v) is 11.5. The number of hydrogen-bond donors (Lipinski definition) is 0. The summed E-state index contributed by atoms with van der Waals surface area (Å²) in [6, 6.07) is 0. The van der Waals surface area contributed by atoms with Crippen molar-refractivity contribution in [2.45, 2.75) is 38.5 Å². The van der Waals surface area contributed by atoms with Crippen molar-refractivity contribution in [1.82, 2.24) is 0 Å². The number of halogens is 2. The van der Waals surface area contributed by atoms with Gasteiger partial charge in [-0.1, -0.05) is 44.7 Å². The van der Waals surface area contributed by atoms with Crippen molar-refractivity contribution in [3.63, 3.8) is 0 Å². The molecule has 2 saturated carbocycles. The van der Waals surface area contributed by atoms with Crippen LogP contribution >= 0.6 is 31.9 Å². The predicted octanol–water partition coefficient (Wildman–Crippen LogP) is 3.69. The summed E-state index contributed by atoms with van der Waals surface area (Å²) in [5, 5.41) is 1.74. The molecule has 0 aromatic rings. The molecule has 0 aromatic carbocycles. The van der Waals surface area contributed by atoms with Crippen molar-refractivity contribution in [2.24, 2.45) is 10.8 Å². The maximum Gasteiger partial charge on any atom is 0.146 e. The molecule has 0 radical (unpaired) electrons. The lowest BCUT2D eigenvalue weighted by atomic mass is 9.55. The van der Waals surface area contributed by atoms with Gasteiger partial charge in [-0.2, -0.15) is 0 Å². The quantitative estimate of drug-likeness (QED) is 0.721. The standard InChI is InChI=1S/C11H16Br2O/c12-7-10(3-1-4-10)9(14)11(8-13)5-2-6-11/h1-8H2. The first kappa shape index (κ1) is 11.1. The van der Waals surface area contributed by atoms with Crippen LogP contribution in [0.2, 0.25) is 0 Å². The Morgan fingerprint density at radius 3 is 1.43 bits per heavy atom. The Kier molecular flexibility index (Phi) is 3.09. The van der Waals surface area contributed by atoms with Crippen LogP contribution in [-0.4, -0.2) is 16.4 Å². The Hall–Kier alpha value is 0.630. The average molecular weight is 324 g/mol. The van der Waals surface area contributed by atoms with E-state index in [1.165, 1.54) is 12.8 Å². The first-order valence-electron chi connectivity index (χ1n) is 5.36. The molecule has 0 N–H and O–H groups in total. The third-order valence-corrected chi connectivity index (χ3v) is 6.24. The molecule has 14 heavy (non-hydrogen) atoms. The number of carbonyl (C=O) groups is 1. The molecule has 0 aromatic heterocycles. The summed E-state index contributed by atoms with van der Waals surface area (Å²) in [6.07, 6.45) is 6.88. The molecule has 80 valence electrons. The summed E-state index contributed by atoms with van der Waals surface area (Å²) in [7, 11) is 0. The molecular formula is C11H16Br2O. The highest BCUT2D eigenvalue weighted by molar-refractivity contribution is 9.09. The summed E-state index contributed by atoms with van der Waals surface area (Å²) in [5.41, 5.74) is 0.0162. The fourth-order valence-corrected chi connectivity index (χ4v) is 4.24. The van der Waals surface area contributed by atoms with Crippen molar-refractivity contribution < 1.29 is 4.79 Å². The van der Waals surface area contributed by atoms with Crippen molar-refractivity contribution in [3.8, 4) is 0 Å². The van der Waals surface area contributed by atoms with Gasteiger partial charge in [0, 0.05) is 21.5 Å². The molecule has 0 saturated heterocycles. The highest BCUT2D eigenvalue weighted by atomic mass is 79.9. The molecule has 0 atom stereocenters. The molecule has 0 bridgehead atoms. The first-order chi connectivity index (χ1) is 6.69. The Bertz CT molecular complexity index is 207. The van der Waals surface area contributed by atoms with Crippen LogP contribution in [0, 0.1) is 10.8 Å². The Labute approximate surface area is 102 Å². The predicted molar refractivity (Wildman–Crippen MR) is 65.2 cm³/mol. The van der Waals surface area contributed by atoms with Gasteiger partial charge in [0.1, 0.15) is 5.78 Å². The second-order valence-corrected chi connectivity index (χ2v) is 5.99. The monoisotopic (exact) mass is 322 g/mol. The van der Waals surface area contributed by atoms with Gasteiger partial charge in [0.05, 0.1) is 0 Å². The van der Waals surface area contributed by atoms with E-state index in [9.17, 15) is 4.79 Å². The largest absolute Gasteiger partial charge is 0.298 e. The Morgan fingerprint density at radius 2 is 1.29 bits per heavy atom. The smallest absolute Gasteiger partial charge is 0.146 e. The topological polar surface area (TPSA) is 17.1 Å². The molecule has 0 spiro atoms. The van der Waals surface area contributed by atoms with Crippen LogP contribution in [0.5, 0.6) is 0 Å². The molecule has 2 rings (SSSR count). The van der Waals surface area contributed by atoms with Gasteiger partial charge in [-0.15, -0.1) is 0 Å². The normalized spacial score (nSPS) is 27.6. The molecule has 2 aliphatic carbocycles. The summed E-state index contributed by atoms with van der Waals surface area (Å²) < 4.78 is 0. The number of rotatable bonds is 4. The lowest BCUT2D eigenvalue weighted by Crippen LogP contribution is -2.52. The zero-order chi connectivity index (χ0) is 10.2. The van der Waals surface area contributed by atoms with Crippen LogP contribution in [0.25, 0.3) is 0 Å². The molecule has 0 aliphatic heterocycles. The second kappa shape index (κ2) is 3.89. The first-order valence-corrected chi connectivity index (χ1v) is 7.60. The summed E-state index contributed by atoms with van der Waals surface area (Å²) in [4.78, 5) is 12.5. The van der Waals surface area contributed by atoms with E-state index in [2.05, 4.69) is 31.9 Å². The molecule has 2 fully saturated rings. The second-order valence-electron chi connectivity index (χ2n) is 4.86. The molecule has 3 heteroatoms. The van der Waals surface area contributed by atoms with Gasteiger partial charge in [0.25, 0.3) is 0 Å². The maximum atomic E-state index is 12.5. The van der Waals surface area contributed by atoms with Gasteiger partial charge < -0.3 is 0 Å². The Morgan fingerprint density at radius 1 is 0.929 bits per heavy atom. The molecule has 2 aliphatic rings. The fraction of sp³-hybridized carbons (Fsp3) is 0.909. The Balaban J connectivity index is 2.13. The zero-order valence-electron chi connectivity index (χ0n) is 8.32. The molecule has 1 nitrogen and oxygen atoms in total. The van der Waals surface area contributed by atoms with E-state index in [1.54, 1.807) is 0 Å². The summed E-state index contributed by atoms with van der Waals surface area (Å²) >= 11 is 7.05. The van der Waals surface area contributed by atoms with E-state index in [0.717, 1.165) is 36.3 Å². The minimum atomic E-state index is 0.00812. The lowest BCUT2D eigenvalue weighted by Gasteiger charge is -2.49. The van der Waals surface area contributed by atoms with Gasteiger partial charge in [-0.25, -0.2) is 0 Å². The van der Waals surface area contributed by atoms with Crippen molar-refractivity contribution in [3.05, 3.63) is 0 Å². The number of hydrogen-bond acceptors (Lipinski definition) is 1. The van der Waals surface area contributed by atoms with E-state index in [4.69, 9.17) is 0 Å². The van der Waals surface area contributed by atoms with E-state index in [1.807, 2.05) is 0 Å². The van der Waals surface area contributed by atoms with Gasteiger partial charge >= 0.3 is 0 Å².